The van der Waals surface area contributed by atoms with Gasteiger partial charge in [0, 0.05) is 37.0 Å². The van der Waals surface area contributed by atoms with Gasteiger partial charge < -0.3 is 14.3 Å². The van der Waals surface area contributed by atoms with E-state index in [1.807, 2.05) is 43.0 Å². The van der Waals surface area contributed by atoms with Crippen LogP contribution in [-0.2, 0) is 16.0 Å². The molecule has 1 saturated heterocycles. The van der Waals surface area contributed by atoms with E-state index in [4.69, 9.17) is 4.52 Å². The summed E-state index contributed by atoms with van der Waals surface area (Å²) in [4.78, 5) is 33.2. The molecule has 148 valence electrons. The Morgan fingerprint density at radius 3 is 2.68 bits per heavy atom. The molecule has 3 heterocycles. The van der Waals surface area contributed by atoms with Crippen LogP contribution in [0, 0.1) is 0 Å². The first-order valence-electron chi connectivity index (χ1n) is 10.0. The molecule has 0 N–H and O–H groups in total. The minimum absolute atomic E-state index is 0.00287. The van der Waals surface area contributed by atoms with Crippen molar-refractivity contribution in [2.24, 2.45) is 0 Å². The highest BCUT2D eigenvalue weighted by molar-refractivity contribution is 6.01. The van der Waals surface area contributed by atoms with Crippen LogP contribution in [0.4, 0.5) is 5.69 Å². The normalized spacial score (nSPS) is 17.9. The number of carbonyl (C=O) groups excluding carboxylic acids is 2. The Balaban J connectivity index is 1.37. The molecule has 0 aliphatic carbocycles. The third-order valence-corrected chi connectivity index (χ3v) is 5.66. The van der Waals surface area contributed by atoms with Gasteiger partial charge in [0.1, 0.15) is 6.54 Å². The Morgan fingerprint density at radius 2 is 1.96 bits per heavy atom. The zero-order chi connectivity index (χ0) is 19.7. The van der Waals surface area contributed by atoms with E-state index in [0.717, 1.165) is 36.3 Å². The number of likely N-dealkylation sites (tertiary alicyclic amines) is 1. The molecule has 1 aromatic carbocycles. The van der Waals surface area contributed by atoms with Gasteiger partial charge in [0.05, 0.1) is 0 Å². The lowest BCUT2D eigenvalue weighted by Gasteiger charge is -2.34. The molecule has 7 nitrogen and oxygen atoms in total. The van der Waals surface area contributed by atoms with Gasteiger partial charge in [0.15, 0.2) is 5.82 Å². The fraction of sp³-hybridized carbons (Fsp3) is 0.524. The maximum Gasteiger partial charge on any atom is 0.242 e. The summed E-state index contributed by atoms with van der Waals surface area (Å²) in [6, 6.07) is 7.84. The fourth-order valence-electron chi connectivity index (χ4n) is 3.93. The average Bonchev–Trinajstić information content (AvgIpc) is 3.21. The number of aryl methyl sites for hydroxylation is 1. The molecule has 0 atom stereocenters. The van der Waals surface area contributed by atoms with Crippen molar-refractivity contribution in [2.75, 3.05) is 24.5 Å². The smallest absolute Gasteiger partial charge is 0.242 e. The van der Waals surface area contributed by atoms with Crippen molar-refractivity contribution in [2.45, 2.75) is 51.4 Å². The molecular formula is C21H26N4O3. The van der Waals surface area contributed by atoms with Crippen LogP contribution in [0.15, 0.2) is 28.8 Å². The Labute approximate surface area is 164 Å². The average molecular weight is 382 g/mol. The van der Waals surface area contributed by atoms with Gasteiger partial charge in [-0.25, -0.2) is 0 Å². The molecule has 2 aromatic rings. The van der Waals surface area contributed by atoms with Crippen molar-refractivity contribution in [3.05, 3.63) is 41.5 Å². The lowest BCUT2D eigenvalue weighted by atomic mass is 9.96. The summed E-state index contributed by atoms with van der Waals surface area (Å²) in [5, 5.41) is 4.04. The summed E-state index contributed by atoms with van der Waals surface area (Å²) in [7, 11) is 0. The number of benzene rings is 1. The van der Waals surface area contributed by atoms with Crippen LogP contribution in [0.2, 0.25) is 0 Å². The molecule has 28 heavy (non-hydrogen) atoms. The number of para-hydroxylation sites is 1. The van der Waals surface area contributed by atoms with Crippen molar-refractivity contribution < 1.29 is 14.1 Å². The molecule has 2 aliphatic rings. The van der Waals surface area contributed by atoms with E-state index < -0.39 is 0 Å². The molecule has 1 fully saturated rings. The zero-order valence-corrected chi connectivity index (χ0v) is 16.4. The second kappa shape index (κ2) is 7.73. The molecule has 0 unspecified atom stereocenters. The highest BCUT2D eigenvalue weighted by Crippen LogP contribution is 2.30. The predicted octanol–water partition coefficient (Wildman–Crippen LogP) is 2.88. The van der Waals surface area contributed by atoms with E-state index in [0.29, 0.717) is 25.4 Å². The number of nitrogens with zero attached hydrogens (tertiary/aromatic N) is 4. The zero-order valence-electron chi connectivity index (χ0n) is 16.4. The number of amides is 2. The summed E-state index contributed by atoms with van der Waals surface area (Å²) < 4.78 is 5.42. The summed E-state index contributed by atoms with van der Waals surface area (Å²) in [5.41, 5.74) is 2.00. The molecule has 7 heteroatoms. The van der Waals surface area contributed by atoms with Crippen molar-refractivity contribution >= 4 is 17.5 Å². The van der Waals surface area contributed by atoms with Gasteiger partial charge in [0.2, 0.25) is 17.7 Å². The number of piperidine rings is 1. The Bertz CT molecular complexity index is 868. The maximum atomic E-state index is 12.8. The van der Waals surface area contributed by atoms with Crippen molar-refractivity contribution in [1.82, 2.24) is 15.0 Å². The third-order valence-electron chi connectivity index (χ3n) is 5.66. The summed E-state index contributed by atoms with van der Waals surface area (Å²) in [5.74, 6) is 1.86. The van der Waals surface area contributed by atoms with E-state index in [2.05, 4.69) is 10.1 Å². The topological polar surface area (TPSA) is 79.5 Å². The van der Waals surface area contributed by atoms with Gasteiger partial charge in [-0.05, 0) is 30.9 Å². The van der Waals surface area contributed by atoms with Gasteiger partial charge in [-0.1, -0.05) is 37.2 Å². The first-order chi connectivity index (χ1) is 13.5. The van der Waals surface area contributed by atoms with Crippen LogP contribution in [0.5, 0.6) is 0 Å². The number of hydrogen-bond acceptors (Lipinski definition) is 5. The highest BCUT2D eigenvalue weighted by atomic mass is 16.5. The van der Waals surface area contributed by atoms with Crippen LogP contribution in [0.25, 0.3) is 0 Å². The SMILES string of the molecule is CC(C)c1noc(C2CCN(C(=O)CN3C(=O)CCc4ccccc43)CC2)n1. The van der Waals surface area contributed by atoms with Crippen LogP contribution in [-0.4, -0.2) is 46.5 Å². The van der Waals surface area contributed by atoms with E-state index >= 15 is 0 Å². The van der Waals surface area contributed by atoms with E-state index in [1.54, 1.807) is 4.90 Å². The van der Waals surface area contributed by atoms with Crippen molar-refractivity contribution in [3.8, 4) is 0 Å². The molecule has 2 amide bonds. The second-order valence-electron chi connectivity index (χ2n) is 7.91. The minimum Gasteiger partial charge on any atom is -0.341 e. The molecule has 0 bridgehead atoms. The highest BCUT2D eigenvalue weighted by Gasteiger charge is 2.31. The maximum absolute atomic E-state index is 12.8. The fourth-order valence-corrected chi connectivity index (χ4v) is 3.93. The number of hydrogen-bond donors (Lipinski definition) is 0. The van der Waals surface area contributed by atoms with Gasteiger partial charge in [-0.15, -0.1) is 0 Å². The number of rotatable bonds is 4. The number of aromatic nitrogens is 2. The van der Waals surface area contributed by atoms with Gasteiger partial charge in [-0.2, -0.15) is 4.98 Å². The molecule has 1 aromatic heterocycles. The summed E-state index contributed by atoms with van der Waals surface area (Å²) >= 11 is 0. The minimum atomic E-state index is -0.00287. The Morgan fingerprint density at radius 1 is 1.21 bits per heavy atom. The second-order valence-corrected chi connectivity index (χ2v) is 7.91. The van der Waals surface area contributed by atoms with Crippen LogP contribution in [0.1, 0.15) is 62.2 Å². The largest absolute Gasteiger partial charge is 0.341 e. The van der Waals surface area contributed by atoms with E-state index in [-0.39, 0.29) is 30.2 Å². The lowest BCUT2D eigenvalue weighted by molar-refractivity contribution is -0.132. The molecule has 4 rings (SSSR count). The van der Waals surface area contributed by atoms with Crippen LogP contribution in [0.3, 0.4) is 0 Å². The van der Waals surface area contributed by atoms with Gasteiger partial charge >= 0.3 is 0 Å². The first kappa shape index (κ1) is 18.7. The number of anilines is 1. The van der Waals surface area contributed by atoms with Crippen LogP contribution < -0.4 is 4.90 Å². The molecule has 0 saturated carbocycles. The summed E-state index contributed by atoms with van der Waals surface area (Å²) in [6.45, 7) is 5.48. The standard InChI is InChI=1S/C21H26N4O3/c1-14(2)20-22-21(28-23-20)16-9-11-24(12-10-16)19(27)13-25-17-6-4-3-5-15(17)7-8-18(25)26/h3-6,14,16H,7-13H2,1-2H3. The first-order valence-corrected chi connectivity index (χ1v) is 10.0. The Kier molecular flexibility index (Phi) is 5.15. The van der Waals surface area contributed by atoms with Gasteiger partial charge in [-0.3, -0.25) is 9.59 Å². The van der Waals surface area contributed by atoms with E-state index in [9.17, 15) is 9.59 Å². The lowest BCUT2D eigenvalue weighted by Crippen LogP contribution is -2.47. The molecule has 0 radical (unpaired) electrons. The number of fused-ring (bicyclic) bond motifs is 1. The van der Waals surface area contributed by atoms with Gasteiger partial charge in [0.25, 0.3) is 0 Å². The quantitative estimate of drug-likeness (QED) is 0.812. The number of carbonyl (C=O) groups is 2. The van der Waals surface area contributed by atoms with E-state index in [1.165, 1.54) is 0 Å². The third kappa shape index (κ3) is 3.66. The van der Waals surface area contributed by atoms with Crippen molar-refractivity contribution in [1.29, 1.82) is 0 Å². The monoisotopic (exact) mass is 382 g/mol. The predicted molar refractivity (Wildman–Crippen MR) is 104 cm³/mol. The Hall–Kier alpha value is -2.70. The summed E-state index contributed by atoms with van der Waals surface area (Å²) in [6.07, 6.45) is 2.81. The molecule has 0 spiro atoms. The van der Waals surface area contributed by atoms with Crippen LogP contribution >= 0.6 is 0 Å². The molecule has 2 aliphatic heterocycles. The van der Waals surface area contributed by atoms with Crippen molar-refractivity contribution in [3.63, 3.8) is 0 Å². The molecular weight excluding hydrogens is 356 g/mol.